The van der Waals surface area contributed by atoms with Gasteiger partial charge in [0.25, 0.3) is 0 Å². The molecule has 0 aromatic carbocycles. The lowest BCUT2D eigenvalue weighted by molar-refractivity contribution is -0.245. The predicted molar refractivity (Wildman–Crippen MR) is 232 cm³/mol. The SMILES string of the molecule is C=N/C(=C\NC)CCN(C)CCOC(CCCCCCC/C=C/C/C=C\CCCCC)(CCCCCCCC/C=C\C/C=C\CCCCC)OCC. The fourth-order valence-corrected chi connectivity index (χ4v) is 6.47. The van der Waals surface area contributed by atoms with Crippen molar-refractivity contribution in [3.63, 3.8) is 0 Å². The molecule has 0 spiro atoms. The predicted octanol–water partition coefficient (Wildman–Crippen LogP) is 13.8. The summed E-state index contributed by atoms with van der Waals surface area (Å²) in [6, 6.07) is 0. The number of unbranched alkanes of at least 4 members (excludes halogenated alkanes) is 17. The monoisotopic (exact) mass is 726 g/mol. The number of likely N-dealkylation sites (N-methyl/N-ethyl adjacent to an activating group) is 1. The van der Waals surface area contributed by atoms with Crippen LogP contribution in [0.15, 0.2) is 65.5 Å². The molecule has 0 radical (unpaired) electrons. The lowest BCUT2D eigenvalue weighted by Gasteiger charge is -2.35. The molecule has 0 aliphatic heterocycles. The second-order valence-corrected chi connectivity index (χ2v) is 14.6. The first-order valence-electron chi connectivity index (χ1n) is 22.0. The second kappa shape index (κ2) is 40.2. The van der Waals surface area contributed by atoms with E-state index in [-0.39, 0.29) is 0 Å². The van der Waals surface area contributed by atoms with Crippen molar-refractivity contribution in [1.29, 1.82) is 0 Å². The summed E-state index contributed by atoms with van der Waals surface area (Å²) in [7, 11) is 4.06. The molecule has 0 fully saturated rings. The zero-order valence-electron chi connectivity index (χ0n) is 35.3. The first-order valence-corrected chi connectivity index (χ1v) is 22.0. The Morgan fingerprint density at radius 3 is 1.46 bits per heavy atom. The van der Waals surface area contributed by atoms with Gasteiger partial charge in [0, 0.05) is 52.2 Å². The molecule has 0 bridgehead atoms. The molecule has 0 rings (SSSR count). The van der Waals surface area contributed by atoms with Crippen LogP contribution >= 0.6 is 0 Å². The molecule has 0 aliphatic rings. The molecule has 0 saturated heterocycles. The van der Waals surface area contributed by atoms with Crippen molar-refractivity contribution in [2.24, 2.45) is 4.99 Å². The summed E-state index contributed by atoms with van der Waals surface area (Å²) < 4.78 is 13.2. The molecule has 0 saturated carbocycles. The molecule has 0 heterocycles. The van der Waals surface area contributed by atoms with Crippen LogP contribution < -0.4 is 5.32 Å². The number of hydrogen-bond donors (Lipinski definition) is 1. The van der Waals surface area contributed by atoms with Crippen LogP contribution in [0.1, 0.15) is 188 Å². The summed E-state index contributed by atoms with van der Waals surface area (Å²) in [6.45, 7) is 13.5. The fraction of sp³-hybridized carbons (Fsp3) is 0.766. The Morgan fingerprint density at radius 2 is 1.04 bits per heavy atom. The van der Waals surface area contributed by atoms with Crippen LogP contribution in [-0.2, 0) is 9.47 Å². The summed E-state index contributed by atoms with van der Waals surface area (Å²) in [5.74, 6) is -0.461. The molecule has 302 valence electrons. The van der Waals surface area contributed by atoms with Gasteiger partial charge in [-0.15, -0.1) is 0 Å². The number of aliphatic imine (C=N–C) groups is 1. The van der Waals surface area contributed by atoms with Gasteiger partial charge >= 0.3 is 0 Å². The highest BCUT2D eigenvalue weighted by Crippen LogP contribution is 2.29. The van der Waals surface area contributed by atoms with Gasteiger partial charge in [-0.25, -0.2) is 0 Å². The van der Waals surface area contributed by atoms with E-state index in [0.717, 1.165) is 50.9 Å². The van der Waals surface area contributed by atoms with Gasteiger partial charge in [-0.1, -0.05) is 133 Å². The van der Waals surface area contributed by atoms with Crippen molar-refractivity contribution >= 4 is 6.72 Å². The molecular formula is C47H87N3O2. The van der Waals surface area contributed by atoms with Crippen molar-refractivity contribution in [3.05, 3.63) is 60.5 Å². The van der Waals surface area contributed by atoms with Crippen molar-refractivity contribution in [1.82, 2.24) is 10.2 Å². The van der Waals surface area contributed by atoms with Crippen LogP contribution in [0.4, 0.5) is 0 Å². The van der Waals surface area contributed by atoms with Crippen LogP contribution in [-0.4, -0.2) is 57.8 Å². The molecule has 0 aromatic rings. The zero-order valence-corrected chi connectivity index (χ0v) is 35.3. The number of hydrogen-bond acceptors (Lipinski definition) is 5. The van der Waals surface area contributed by atoms with E-state index in [4.69, 9.17) is 9.47 Å². The normalized spacial score (nSPS) is 13.8. The van der Waals surface area contributed by atoms with Crippen LogP contribution in [0.5, 0.6) is 0 Å². The van der Waals surface area contributed by atoms with E-state index in [9.17, 15) is 0 Å². The molecular weight excluding hydrogens is 639 g/mol. The van der Waals surface area contributed by atoms with E-state index >= 15 is 0 Å². The second-order valence-electron chi connectivity index (χ2n) is 14.6. The van der Waals surface area contributed by atoms with Gasteiger partial charge < -0.3 is 19.7 Å². The lowest BCUT2D eigenvalue weighted by Crippen LogP contribution is -2.39. The topological polar surface area (TPSA) is 46.1 Å². The Morgan fingerprint density at radius 1 is 0.596 bits per heavy atom. The molecule has 0 amide bonds. The van der Waals surface area contributed by atoms with Crippen LogP contribution in [0, 0.1) is 0 Å². The first-order chi connectivity index (χ1) is 25.6. The largest absolute Gasteiger partial charge is 0.393 e. The van der Waals surface area contributed by atoms with Gasteiger partial charge in [0.2, 0.25) is 0 Å². The summed E-state index contributed by atoms with van der Waals surface area (Å²) in [4.78, 5) is 6.46. The first kappa shape index (κ1) is 50.1. The summed E-state index contributed by atoms with van der Waals surface area (Å²) in [5, 5.41) is 3.06. The smallest absolute Gasteiger partial charge is 0.168 e. The highest BCUT2D eigenvalue weighted by atomic mass is 16.7. The maximum Gasteiger partial charge on any atom is 0.168 e. The van der Waals surface area contributed by atoms with Crippen molar-refractivity contribution in [3.8, 4) is 0 Å². The van der Waals surface area contributed by atoms with Gasteiger partial charge in [0.15, 0.2) is 5.79 Å². The Balaban J connectivity index is 4.63. The van der Waals surface area contributed by atoms with E-state index in [1.165, 1.54) is 135 Å². The van der Waals surface area contributed by atoms with Crippen molar-refractivity contribution in [2.45, 2.75) is 193 Å². The fourth-order valence-electron chi connectivity index (χ4n) is 6.47. The third-order valence-electron chi connectivity index (χ3n) is 9.78. The number of nitrogens with one attached hydrogen (secondary N) is 1. The Kier molecular flexibility index (Phi) is 38.7. The van der Waals surface area contributed by atoms with Crippen molar-refractivity contribution in [2.75, 3.05) is 40.4 Å². The van der Waals surface area contributed by atoms with Gasteiger partial charge in [0.05, 0.1) is 12.3 Å². The minimum atomic E-state index is -0.461. The standard InChI is InChI=1S/C47H87N3O2/c1-7-10-12-14-16-18-20-22-24-26-28-30-32-34-36-38-41-47(51-9-3,52-44-43-50(6)42-39-46(49-5)45-48-4)40-37-35-33-31-29-27-25-23-21-19-17-15-13-11-8-2/h16-19,22-25,45,48H,5,7-15,20-21,26-44H2,1-4,6H3/b18-16-,19-17-,24-22-,25-23+,46-45-. The summed E-state index contributed by atoms with van der Waals surface area (Å²) in [6.07, 6.45) is 52.6. The summed E-state index contributed by atoms with van der Waals surface area (Å²) >= 11 is 0. The highest BCUT2D eigenvalue weighted by molar-refractivity contribution is 5.28. The molecule has 52 heavy (non-hydrogen) atoms. The molecule has 1 atom stereocenters. The molecule has 5 nitrogen and oxygen atoms in total. The van der Waals surface area contributed by atoms with Gasteiger partial charge in [-0.3, -0.25) is 4.99 Å². The van der Waals surface area contributed by atoms with Gasteiger partial charge in [-0.05, 0) is 97.7 Å². The minimum absolute atomic E-state index is 0.461. The highest BCUT2D eigenvalue weighted by Gasteiger charge is 2.30. The van der Waals surface area contributed by atoms with E-state index < -0.39 is 5.79 Å². The third-order valence-corrected chi connectivity index (χ3v) is 9.78. The number of rotatable bonds is 40. The molecule has 0 aromatic heterocycles. The quantitative estimate of drug-likeness (QED) is 0.0296. The Labute approximate surface area is 325 Å². The number of nitrogens with zero attached hydrogens (tertiary/aromatic N) is 2. The Hall–Kier alpha value is -1.95. The molecule has 5 heteroatoms. The van der Waals surface area contributed by atoms with E-state index in [0.29, 0.717) is 13.2 Å². The third kappa shape index (κ3) is 33.9. The van der Waals surface area contributed by atoms with E-state index in [2.05, 4.69) is 98.4 Å². The zero-order chi connectivity index (χ0) is 38.1. The van der Waals surface area contributed by atoms with Crippen molar-refractivity contribution < 1.29 is 9.47 Å². The van der Waals surface area contributed by atoms with Gasteiger partial charge in [0.1, 0.15) is 0 Å². The summed E-state index contributed by atoms with van der Waals surface area (Å²) in [5.41, 5.74) is 0.984. The average molecular weight is 726 g/mol. The Bertz CT molecular complexity index is 908. The van der Waals surface area contributed by atoms with Crippen LogP contribution in [0.25, 0.3) is 0 Å². The van der Waals surface area contributed by atoms with Gasteiger partial charge in [-0.2, -0.15) is 0 Å². The number of ether oxygens (including phenoxy) is 2. The van der Waals surface area contributed by atoms with E-state index in [1.54, 1.807) is 0 Å². The van der Waals surface area contributed by atoms with Crippen LogP contribution in [0.3, 0.4) is 0 Å². The van der Waals surface area contributed by atoms with Crippen LogP contribution in [0.2, 0.25) is 0 Å². The van der Waals surface area contributed by atoms with E-state index in [1.807, 2.05) is 13.2 Å². The minimum Gasteiger partial charge on any atom is -0.393 e. The molecule has 0 aliphatic carbocycles. The maximum absolute atomic E-state index is 6.71. The lowest BCUT2D eigenvalue weighted by atomic mass is 9.98. The maximum atomic E-state index is 6.71. The number of allylic oxidation sites excluding steroid dienone is 8. The average Bonchev–Trinajstić information content (AvgIpc) is 3.14. The molecule has 1 unspecified atom stereocenters. The molecule has 1 N–H and O–H groups in total.